The molecule has 0 aromatic heterocycles. The Morgan fingerprint density at radius 1 is 1.22 bits per heavy atom. The van der Waals surface area contributed by atoms with Gasteiger partial charge in [0.1, 0.15) is 5.82 Å². The van der Waals surface area contributed by atoms with Crippen LogP contribution < -0.4 is 11.6 Å². The van der Waals surface area contributed by atoms with Crippen LogP contribution in [0.2, 0.25) is 0 Å². The van der Waals surface area contributed by atoms with Crippen LogP contribution in [0.15, 0.2) is 41.7 Å². The number of halogens is 1. The molecule has 1 aromatic carbocycles. The average Bonchev–Trinajstić information content (AvgIpc) is 2.66. The molecule has 2 aliphatic rings. The molecule has 2 saturated heterocycles. The van der Waals surface area contributed by atoms with Gasteiger partial charge in [-0.3, -0.25) is 0 Å². The Bertz CT molecular complexity index is 691. The molecule has 5 N–H and O–H groups in total. The van der Waals surface area contributed by atoms with Crippen LogP contribution in [0.25, 0.3) is 10.9 Å². The van der Waals surface area contributed by atoms with Gasteiger partial charge in [-0.1, -0.05) is 12.1 Å². The Balaban J connectivity index is 0.000000310. The summed E-state index contributed by atoms with van der Waals surface area (Å²) in [7, 11) is 0. The molecule has 0 aliphatic carbocycles. The minimum Gasteiger partial charge on any atom is -0.656 e. The van der Waals surface area contributed by atoms with Crippen molar-refractivity contribution in [3.63, 3.8) is 0 Å². The van der Waals surface area contributed by atoms with Crippen molar-refractivity contribution in [2.24, 2.45) is 11.6 Å². The van der Waals surface area contributed by atoms with Gasteiger partial charge in [0, 0.05) is 64.2 Å². The number of rotatable bonds is 1. The summed E-state index contributed by atoms with van der Waals surface area (Å²) in [5, 5.41) is 25.5. The van der Waals surface area contributed by atoms with E-state index in [1.807, 2.05) is 0 Å². The topological polar surface area (TPSA) is 117 Å². The molecule has 3 rings (SSSR count). The van der Waals surface area contributed by atoms with Crippen molar-refractivity contribution < 1.29 is 42.3 Å². The van der Waals surface area contributed by atoms with Crippen molar-refractivity contribution in [1.82, 2.24) is 10.1 Å². The number of piperazine rings is 1. The predicted molar refractivity (Wildman–Crippen MR) is 97.8 cm³/mol. The smallest absolute Gasteiger partial charge is 0.123 e. The number of piperidine rings is 1. The molecular formula is C18H24FN6OY-. The summed E-state index contributed by atoms with van der Waals surface area (Å²) in [5.41, 5.74) is 8.54. The summed E-state index contributed by atoms with van der Waals surface area (Å²) in [6.07, 6.45) is 2.86. The zero-order valence-electron chi connectivity index (χ0n) is 15.2. The zero-order valence-corrected chi connectivity index (χ0v) is 18.0. The molecule has 0 atom stereocenters. The second kappa shape index (κ2) is 12.2. The minimum absolute atomic E-state index is 0. The second-order valence-corrected chi connectivity index (χ2v) is 6.01. The normalized spacial score (nSPS) is 18.8. The molecule has 0 saturated carbocycles. The number of hydroxylamine groups is 2. The number of nitriles is 1. The number of nitrogens with zero attached hydrogens (tertiary/aromatic N) is 4. The van der Waals surface area contributed by atoms with Gasteiger partial charge in [0.15, 0.2) is 0 Å². The standard InChI is InChI=1S/C13H13FN2O.C5H11N4.Y/c14-12-3-1-10(2-4-12)13(9-15)11-5-7-16(17)8-6-11;6-3-5-4-8-1-2-9(5)7;/h1-4,17H,5-8H2;3H,1-2,4,6-7H2;/q;-1;/b;5-3-;. The number of benzene rings is 1. The Morgan fingerprint density at radius 3 is 2.33 bits per heavy atom. The van der Waals surface area contributed by atoms with Gasteiger partial charge in [-0.15, -0.1) is 13.1 Å². The summed E-state index contributed by atoms with van der Waals surface area (Å²) in [4.78, 5) is 0. The summed E-state index contributed by atoms with van der Waals surface area (Å²) < 4.78 is 12.8. The quantitative estimate of drug-likeness (QED) is 0.447. The molecule has 2 fully saturated rings. The van der Waals surface area contributed by atoms with Crippen LogP contribution in [0.1, 0.15) is 18.4 Å². The molecule has 2 aliphatic heterocycles. The van der Waals surface area contributed by atoms with E-state index in [-0.39, 0.29) is 38.5 Å². The first kappa shape index (κ1) is 23.7. The number of hydrazine groups is 1. The summed E-state index contributed by atoms with van der Waals surface area (Å²) >= 11 is 0. The number of hydrogen-bond donors (Lipinski definition) is 3. The third kappa shape index (κ3) is 7.30. The Hall–Kier alpha value is -1.34. The molecule has 1 aromatic rings. The molecule has 27 heavy (non-hydrogen) atoms. The summed E-state index contributed by atoms with van der Waals surface area (Å²) in [6, 6.07) is 8.13. The van der Waals surface area contributed by atoms with E-state index >= 15 is 0 Å². The Labute approximate surface area is 184 Å². The van der Waals surface area contributed by atoms with Gasteiger partial charge in [-0.2, -0.15) is 10.3 Å². The Morgan fingerprint density at radius 2 is 1.85 bits per heavy atom. The van der Waals surface area contributed by atoms with Gasteiger partial charge < -0.3 is 21.3 Å². The van der Waals surface area contributed by atoms with Gasteiger partial charge in [-0.25, -0.2) is 10.2 Å². The first-order valence-electron chi connectivity index (χ1n) is 8.43. The maximum Gasteiger partial charge on any atom is 0.123 e. The number of allylic oxidation sites excluding steroid dienone is 1. The van der Waals surface area contributed by atoms with Gasteiger partial charge in [0.2, 0.25) is 0 Å². The average molecular weight is 448 g/mol. The molecular weight excluding hydrogens is 424 g/mol. The van der Waals surface area contributed by atoms with E-state index < -0.39 is 0 Å². The van der Waals surface area contributed by atoms with Crippen LogP contribution in [-0.4, -0.2) is 48.0 Å². The number of hydrogen-bond acceptors (Lipinski definition) is 6. The van der Waals surface area contributed by atoms with Crippen molar-refractivity contribution in [3.05, 3.63) is 58.4 Å². The molecule has 0 amide bonds. The molecule has 2 heterocycles. The van der Waals surface area contributed by atoms with Gasteiger partial charge in [0.25, 0.3) is 0 Å². The van der Waals surface area contributed by atoms with E-state index in [1.165, 1.54) is 23.4 Å². The van der Waals surface area contributed by atoms with Crippen molar-refractivity contribution >= 4 is 5.57 Å². The second-order valence-electron chi connectivity index (χ2n) is 6.01. The molecule has 1 radical (unpaired) electrons. The maximum atomic E-state index is 12.8. The van der Waals surface area contributed by atoms with Crippen molar-refractivity contribution in [2.75, 3.05) is 32.7 Å². The van der Waals surface area contributed by atoms with Gasteiger partial charge in [-0.05, 0) is 36.1 Å². The van der Waals surface area contributed by atoms with Gasteiger partial charge in [0.05, 0.1) is 11.6 Å². The van der Waals surface area contributed by atoms with E-state index in [9.17, 15) is 14.9 Å². The molecule has 0 spiro atoms. The first-order valence-corrected chi connectivity index (χ1v) is 8.43. The predicted octanol–water partition coefficient (Wildman–Crippen LogP) is 1.93. The fourth-order valence-electron chi connectivity index (χ4n) is 2.73. The maximum absolute atomic E-state index is 12.8. The third-order valence-electron chi connectivity index (χ3n) is 4.28. The van der Waals surface area contributed by atoms with E-state index in [4.69, 9.17) is 11.6 Å². The molecule has 0 unspecified atom stereocenters. The molecule has 143 valence electrons. The van der Waals surface area contributed by atoms with Crippen LogP contribution >= 0.6 is 0 Å². The zero-order chi connectivity index (χ0) is 18.9. The van der Waals surface area contributed by atoms with Crippen molar-refractivity contribution in [1.29, 1.82) is 5.26 Å². The van der Waals surface area contributed by atoms with Crippen LogP contribution in [0.4, 0.5) is 4.39 Å². The first-order chi connectivity index (χ1) is 12.5. The van der Waals surface area contributed by atoms with Crippen molar-refractivity contribution in [3.8, 4) is 6.07 Å². The third-order valence-corrected chi connectivity index (χ3v) is 4.28. The molecule has 7 nitrogen and oxygen atoms in total. The molecule has 9 heteroatoms. The summed E-state index contributed by atoms with van der Waals surface area (Å²) in [5.74, 6) is 5.21. The van der Waals surface area contributed by atoms with Crippen LogP contribution in [0.5, 0.6) is 0 Å². The van der Waals surface area contributed by atoms with E-state index in [0.29, 0.717) is 38.0 Å². The fraction of sp³-hybridized carbons (Fsp3) is 0.389. The fourth-order valence-corrected chi connectivity index (χ4v) is 2.73. The van der Waals surface area contributed by atoms with Crippen LogP contribution in [0, 0.1) is 17.1 Å². The monoisotopic (exact) mass is 448 g/mol. The minimum atomic E-state index is -0.304. The van der Waals surface area contributed by atoms with Crippen LogP contribution in [-0.2, 0) is 32.7 Å². The largest absolute Gasteiger partial charge is 0.656 e. The SMILES string of the molecule is N#CC(=C1CCN(O)CC1)c1ccc(F)cc1.N/C=C1/C[N-]CCN1N.[Y]. The van der Waals surface area contributed by atoms with E-state index in [0.717, 1.165) is 29.9 Å². The Kier molecular flexibility index (Phi) is 10.7. The van der Waals surface area contributed by atoms with Crippen LogP contribution in [0.3, 0.4) is 0 Å². The molecule has 0 bridgehead atoms. The number of nitrogens with two attached hydrogens (primary N) is 2. The van der Waals surface area contributed by atoms with E-state index in [1.54, 1.807) is 17.1 Å². The van der Waals surface area contributed by atoms with Crippen molar-refractivity contribution in [2.45, 2.75) is 12.8 Å². The van der Waals surface area contributed by atoms with Gasteiger partial charge >= 0.3 is 0 Å². The summed E-state index contributed by atoms with van der Waals surface area (Å²) in [6.45, 7) is 3.34. The van der Waals surface area contributed by atoms with E-state index in [2.05, 4.69) is 11.4 Å².